The van der Waals surface area contributed by atoms with Gasteiger partial charge in [0.05, 0.1) is 6.26 Å². The Morgan fingerprint density at radius 3 is 2.52 bits per heavy atom. The highest BCUT2D eigenvalue weighted by Gasteiger charge is 2.46. The third-order valence-electron chi connectivity index (χ3n) is 5.95. The molecule has 1 N–H and O–H groups in total. The summed E-state index contributed by atoms with van der Waals surface area (Å²) in [6.07, 6.45) is 4.39. The number of amides is 1. The fourth-order valence-electron chi connectivity index (χ4n) is 4.39. The van der Waals surface area contributed by atoms with Crippen LogP contribution in [0, 0.1) is 5.92 Å². The molecular formula is C23H28N2O3S. The molecule has 2 aliphatic rings. The Bertz CT molecular complexity index is 975. The molecule has 1 aliphatic carbocycles. The van der Waals surface area contributed by atoms with E-state index >= 15 is 0 Å². The lowest BCUT2D eigenvalue weighted by molar-refractivity contribution is -0.132. The third-order valence-corrected chi connectivity index (χ3v) is 6.71. The van der Waals surface area contributed by atoms with Crippen molar-refractivity contribution in [3.05, 3.63) is 60.2 Å². The van der Waals surface area contributed by atoms with Crippen LogP contribution in [0.15, 0.2) is 54.6 Å². The largest absolute Gasteiger partial charge is 0.342 e. The number of carbonyl (C=O) groups excluding carboxylic acids is 1. The van der Waals surface area contributed by atoms with Crippen molar-refractivity contribution in [3.8, 4) is 11.1 Å². The molecule has 0 unspecified atom stereocenters. The van der Waals surface area contributed by atoms with Crippen LogP contribution in [-0.2, 0) is 14.8 Å². The van der Waals surface area contributed by atoms with Crippen molar-refractivity contribution in [2.24, 2.45) is 5.92 Å². The van der Waals surface area contributed by atoms with Crippen molar-refractivity contribution >= 4 is 15.9 Å². The van der Waals surface area contributed by atoms with Gasteiger partial charge in [-0.05, 0) is 48.3 Å². The molecule has 1 saturated heterocycles. The summed E-state index contributed by atoms with van der Waals surface area (Å²) in [6, 6.07) is 18.8. The summed E-state index contributed by atoms with van der Waals surface area (Å²) in [7, 11) is -3.21. The maximum Gasteiger partial charge on any atom is 0.226 e. The second-order valence-electron chi connectivity index (χ2n) is 8.28. The molecular weight excluding hydrogens is 384 g/mol. The second kappa shape index (κ2) is 8.28. The fraction of sp³-hybridized carbons (Fsp3) is 0.435. The van der Waals surface area contributed by atoms with Crippen LogP contribution in [0.3, 0.4) is 0 Å². The predicted octanol–water partition coefficient (Wildman–Crippen LogP) is 3.39. The van der Waals surface area contributed by atoms with Gasteiger partial charge in [0.25, 0.3) is 0 Å². The summed E-state index contributed by atoms with van der Waals surface area (Å²) in [4.78, 5) is 15.0. The van der Waals surface area contributed by atoms with Gasteiger partial charge in [-0.15, -0.1) is 0 Å². The molecule has 0 aromatic heterocycles. The van der Waals surface area contributed by atoms with Gasteiger partial charge >= 0.3 is 0 Å². The molecule has 5 nitrogen and oxygen atoms in total. The van der Waals surface area contributed by atoms with E-state index in [1.807, 2.05) is 23.1 Å². The molecule has 29 heavy (non-hydrogen) atoms. The Balaban J connectivity index is 1.39. The molecule has 1 saturated carbocycles. The van der Waals surface area contributed by atoms with Gasteiger partial charge in [0.15, 0.2) is 0 Å². The zero-order valence-electron chi connectivity index (χ0n) is 16.8. The molecule has 0 bridgehead atoms. The van der Waals surface area contributed by atoms with E-state index in [2.05, 4.69) is 41.1 Å². The molecule has 0 spiro atoms. The normalized spacial score (nSPS) is 24.7. The van der Waals surface area contributed by atoms with E-state index in [4.69, 9.17) is 0 Å². The highest BCUT2D eigenvalue weighted by molar-refractivity contribution is 7.88. The Hall–Kier alpha value is -2.18. The number of sulfonamides is 1. The van der Waals surface area contributed by atoms with Gasteiger partial charge in [0, 0.05) is 25.0 Å². The van der Waals surface area contributed by atoms with Gasteiger partial charge < -0.3 is 4.90 Å². The number of hydrogen-bond donors (Lipinski definition) is 1. The van der Waals surface area contributed by atoms with Crippen molar-refractivity contribution in [2.75, 3.05) is 19.3 Å². The zero-order valence-corrected chi connectivity index (χ0v) is 17.6. The smallest absolute Gasteiger partial charge is 0.226 e. The Morgan fingerprint density at radius 2 is 1.76 bits per heavy atom. The van der Waals surface area contributed by atoms with Crippen LogP contribution in [0.1, 0.15) is 37.2 Å². The van der Waals surface area contributed by atoms with E-state index in [1.54, 1.807) is 0 Å². The topological polar surface area (TPSA) is 66.5 Å². The van der Waals surface area contributed by atoms with Crippen molar-refractivity contribution < 1.29 is 13.2 Å². The van der Waals surface area contributed by atoms with Gasteiger partial charge in [-0.25, -0.2) is 13.1 Å². The minimum Gasteiger partial charge on any atom is -0.342 e. The average molecular weight is 413 g/mol. The zero-order chi connectivity index (χ0) is 20.4. The quantitative estimate of drug-likeness (QED) is 0.819. The molecule has 0 radical (unpaired) electrons. The van der Waals surface area contributed by atoms with E-state index in [9.17, 15) is 13.2 Å². The molecule has 2 fully saturated rings. The lowest BCUT2D eigenvalue weighted by atomic mass is 10.0. The number of nitrogens with one attached hydrogen (secondary N) is 1. The standard InChI is InChI=1S/C23H28N2O3S/c1-29(27,28)24-20-11-6-13-25(14-12-20)23(26)22-16-21(22)19-10-5-9-18(15-19)17-7-3-2-4-8-17/h2-5,7-10,15,20-22,24H,6,11-14,16H2,1H3/t20-,21+,22-/m1/s1. The molecule has 1 heterocycles. The number of carbonyl (C=O) groups is 1. The number of rotatable bonds is 5. The Labute approximate surface area is 173 Å². The Morgan fingerprint density at radius 1 is 1.00 bits per heavy atom. The van der Waals surface area contributed by atoms with E-state index < -0.39 is 10.0 Å². The molecule has 154 valence electrons. The monoisotopic (exact) mass is 412 g/mol. The maximum absolute atomic E-state index is 13.0. The third kappa shape index (κ3) is 5.06. The van der Waals surface area contributed by atoms with Gasteiger partial charge in [0.2, 0.25) is 15.9 Å². The summed E-state index contributed by atoms with van der Waals surface area (Å²) in [5.74, 6) is 0.569. The lowest BCUT2D eigenvalue weighted by Crippen LogP contribution is -2.36. The van der Waals surface area contributed by atoms with Crippen LogP contribution in [0.2, 0.25) is 0 Å². The van der Waals surface area contributed by atoms with Crippen LogP contribution in [0.4, 0.5) is 0 Å². The van der Waals surface area contributed by atoms with Gasteiger partial charge in [-0.2, -0.15) is 0 Å². The number of benzene rings is 2. The summed E-state index contributed by atoms with van der Waals surface area (Å²) in [5, 5.41) is 0. The van der Waals surface area contributed by atoms with Crippen LogP contribution >= 0.6 is 0 Å². The first-order valence-electron chi connectivity index (χ1n) is 10.3. The highest BCUT2D eigenvalue weighted by Crippen LogP contribution is 2.49. The van der Waals surface area contributed by atoms with Gasteiger partial charge in [-0.3, -0.25) is 4.79 Å². The van der Waals surface area contributed by atoms with Crippen LogP contribution in [0.25, 0.3) is 11.1 Å². The minimum atomic E-state index is -3.21. The van der Waals surface area contributed by atoms with Crippen LogP contribution in [0.5, 0.6) is 0 Å². The molecule has 1 aliphatic heterocycles. The first-order valence-corrected chi connectivity index (χ1v) is 12.2. The SMILES string of the molecule is CS(=O)(=O)N[C@@H]1CCCN(C(=O)[C@@H]2C[C@H]2c2cccc(-c3ccccc3)c2)CC1. The van der Waals surface area contributed by atoms with Gasteiger partial charge in [-0.1, -0.05) is 54.6 Å². The van der Waals surface area contributed by atoms with Crippen LogP contribution in [-0.4, -0.2) is 44.6 Å². The van der Waals surface area contributed by atoms with Crippen molar-refractivity contribution in [1.29, 1.82) is 0 Å². The Kier molecular flexibility index (Phi) is 5.74. The summed E-state index contributed by atoms with van der Waals surface area (Å²) < 4.78 is 25.7. The number of hydrogen-bond acceptors (Lipinski definition) is 3. The molecule has 6 heteroatoms. The van der Waals surface area contributed by atoms with E-state index in [0.29, 0.717) is 25.4 Å². The molecule has 1 amide bonds. The van der Waals surface area contributed by atoms with E-state index in [-0.39, 0.29) is 17.9 Å². The first kappa shape index (κ1) is 20.1. The maximum atomic E-state index is 13.0. The average Bonchev–Trinajstić information content (AvgIpc) is 3.52. The number of nitrogens with zero attached hydrogens (tertiary/aromatic N) is 1. The predicted molar refractivity (Wildman–Crippen MR) is 115 cm³/mol. The van der Waals surface area contributed by atoms with Crippen molar-refractivity contribution in [3.63, 3.8) is 0 Å². The van der Waals surface area contributed by atoms with E-state index in [0.717, 1.165) is 19.3 Å². The summed E-state index contributed by atoms with van der Waals surface area (Å²) >= 11 is 0. The highest BCUT2D eigenvalue weighted by atomic mass is 32.2. The van der Waals surface area contributed by atoms with Crippen molar-refractivity contribution in [2.45, 2.75) is 37.6 Å². The van der Waals surface area contributed by atoms with Crippen molar-refractivity contribution in [1.82, 2.24) is 9.62 Å². The lowest BCUT2D eigenvalue weighted by Gasteiger charge is -2.21. The second-order valence-corrected chi connectivity index (χ2v) is 10.1. The van der Waals surface area contributed by atoms with Gasteiger partial charge in [0.1, 0.15) is 0 Å². The first-order chi connectivity index (χ1) is 13.9. The summed E-state index contributed by atoms with van der Waals surface area (Å²) in [6.45, 7) is 1.34. The minimum absolute atomic E-state index is 0.0560. The van der Waals surface area contributed by atoms with E-state index in [1.165, 1.54) is 22.9 Å². The van der Waals surface area contributed by atoms with Crippen LogP contribution < -0.4 is 4.72 Å². The molecule has 4 rings (SSSR count). The molecule has 2 aromatic carbocycles. The molecule has 2 aromatic rings. The molecule has 3 atom stereocenters. The number of likely N-dealkylation sites (tertiary alicyclic amines) is 1. The fourth-order valence-corrected chi connectivity index (χ4v) is 5.23. The summed E-state index contributed by atoms with van der Waals surface area (Å²) in [5.41, 5.74) is 3.61.